The monoisotopic (exact) mass is 235 g/mol. The van der Waals surface area contributed by atoms with Gasteiger partial charge in [-0.05, 0) is 43.5 Å². The van der Waals surface area contributed by atoms with Crippen LogP contribution in [0.15, 0.2) is 18.2 Å². The minimum atomic E-state index is 0.0613. The standard InChI is InChI=1S/C14H21NO2/c1-4-8-15(9-5-2)14(17)13-7-6-12(16)10-11(13)3/h6-7,10,16H,4-5,8-9H2,1-3H3. The van der Waals surface area contributed by atoms with Gasteiger partial charge in [-0.2, -0.15) is 0 Å². The van der Waals surface area contributed by atoms with Gasteiger partial charge >= 0.3 is 0 Å². The molecule has 0 saturated carbocycles. The predicted molar refractivity (Wildman–Crippen MR) is 69.3 cm³/mol. The molecule has 17 heavy (non-hydrogen) atoms. The molecule has 3 nitrogen and oxygen atoms in total. The summed E-state index contributed by atoms with van der Waals surface area (Å²) in [7, 11) is 0. The summed E-state index contributed by atoms with van der Waals surface area (Å²) in [6.07, 6.45) is 1.92. The number of aromatic hydroxyl groups is 1. The Kier molecular flexibility index (Phi) is 5.01. The van der Waals surface area contributed by atoms with Gasteiger partial charge in [-0.25, -0.2) is 0 Å². The average molecular weight is 235 g/mol. The van der Waals surface area contributed by atoms with E-state index in [4.69, 9.17) is 0 Å². The zero-order valence-corrected chi connectivity index (χ0v) is 10.9. The molecule has 0 bridgehead atoms. The number of hydrogen-bond acceptors (Lipinski definition) is 2. The number of phenols is 1. The number of hydrogen-bond donors (Lipinski definition) is 1. The highest BCUT2D eigenvalue weighted by Crippen LogP contribution is 2.17. The maximum absolute atomic E-state index is 12.3. The van der Waals surface area contributed by atoms with E-state index in [9.17, 15) is 9.90 Å². The normalized spacial score (nSPS) is 10.3. The smallest absolute Gasteiger partial charge is 0.254 e. The lowest BCUT2D eigenvalue weighted by molar-refractivity contribution is 0.0755. The van der Waals surface area contributed by atoms with E-state index in [0.717, 1.165) is 31.5 Å². The number of carbonyl (C=O) groups is 1. The molecule has 0 radical (unpaired) electrons. The lowest BCUT2D eigenvalue weighted by Gasteiger charge is -2.22. The first-order valence-electron chi connectivity index (χ1n) is 6.19. The van der Waals surface area contributed by atoms with Gasteiger partial charge in [-0.3, -0.25) is 4.79 Å². The highest BCUT2D eigenvalue weighted by Gasteiger charge is 2.16. The van der Waals surface area contributed by atoms with Crippen molar-refractivity contribution in [1.29, 1.82) is 0 Å². The number of benzene rings is 1. The molecular formula is C14H21NO2. The molecule has 0 fully saturated rings. The maximum atomic E-state index is 12.3. The molecule has 0 atom stereocenters. The van der Waals surface area contributed by atoms with Crippen molar-refractivity contribution in [2.24, 2.45) is 0 Å². The van der Waals surface area contributed by atoms with Crippen LogP contribution in [0.1, 0.15) is 42.6 Å². The highest BCUT2D eigenvalue weighted by atomic mass is 16.3. The summed E-state index contributed by atoms with van der Waals surface area (Å²) in [5, 5.41) is 9.34. The first-order valence-corrected chi connectivity index (χ1v) is 6.19. The summed E-state index contributed by atoms with van der Waals surface area (Å²) in [6.45, 7) is 7.56. The third kappa shape index (κ3) is 3.48. The van der Waals surface area contributed by atoms with Crippen molar-refractivity contribution in [3.05, 3.63) is 29.3 Å². The lowest BCUT2D eigenvalue weighted by Crippen LogP contribution is -2.32. The van der Waals surface area contributed by atoms with Crippen molar-refractivity contribution in [1.82, 2.24) is 4.90 Å². The zero-order chi connectivity index (χ0) is 12.8. The largest absolute Gasteiger partial charge is 0.508 e. The number of rotatable bonds is 5. The Balaban J connectivity index is 2.92. The third-order valence-corrected chi connectivity index (χ3v) is 2.71. The van der Waals surface area contributed by atoms with Gasteiger partial charge in [-0.1, -0.05) is 13.8 Å². The van der Waals surface area contributed by atoms with Crippen molar-refractivity contribution < 1.29 is 9.90 Å². The van der Waals surface area contributed by atoms with Gasteiger partial charge in [0.05, 0.1) is 0 Å². The summed E-state index contributed by atoms with van der Waals surface area (Å²) >= 11 is 0. The van der Waals surface area contributed by atoms with Gasteiger partial charge in [-0.15, -0.1) is 0 Å². The van der Waals surface area contributed by atoms with Gasteiger partial charge in [0.15, 0.2) is 0 Å². The van der Waals surface area contributed by atoms with Gasteiger partial charge in [0.1, 0.15) is 5.75 Å². The summed E-state index contributed by atoms with van der Waals surface area (Å²) < 4.78 is 0. The van der Waals surface area contributed by atoms with E-state index < -0.39 is 0 Å². The molecule has 1 N–H and O–H groups in total. The van der Waals surface area contributed by atoms with Crippen LogP contribution in [0.3, 0.4) is 0 Å². The second-order valence-electron chi connectivity index (χ2n) is 4.29. The molecule has 94 valence electrons. The molecule has 0 unspecified atom stereocenters. The Morgan fingerprint density at radius 3 is 2.29 bits per heavy atom. The second-order valence-corrected chi connectivity index (χ2v) is 4.29. The van der Waals surface area contributed by atoms with Crippen molar-refractivity contribution in [3.8, 4) is 5.75 Å². The number of aryl methyl sites for hydroxylation is 1. The van der Waals surface area contributed by atoms with Gasteiger partial charge in [0.2, 0.25) is 0 Å². The van der Waals surface area contributed by atoms with Gasteiger partial charge < -0.3 is 10.0 Å². The Morgan fingerprint density at radius 2 is 1.82 bits per heavy atom. The van der Waals surface area contributed by atoms with Crippen LogP contribution < -0.4 is 0 Å². The Labute approximate surface area is 103 Å². The third-order valence-electron chi connectivity index (χ3n) is 2.71. The molecule has 1 amide bonds. The summed E-state index contributed by atoms with van der Waals surface area (Å²) in [5.74, 6) is 0.266. The molecule has 1 aromatic rings. The zero-order valence-electron chi connectivity index (χ0n) is 10.9. The topological polar surface area (TPSA) is 40.5 Å². The summed E-state index contributed by atoms with van der Waals surface area (Å²) in [4.78, 5) is 14.2. The number of phenolic OH excluding ortho intramolecular Hbond substituents is 1. The summed E-state index contributed by atoms with van der Waals surface area (Å²) in [5.41, 5.74) is 1.51. The van der Waals surface area contributed by atoms with Crippen LogP contribution in [-0.2, 0) is 0 Å². The van der Waals surface area contributed by atoms with E-state index in [0.29, 0.717) is 5.56 Å². The average Bonchev–Trinajstić information content (AvgIpc) is 2.28. The number of amides is 1. The quantitative estimate of drug-likeness (QED) is 0.852. The van der Waals surface area contributed by atoms with Crippen LogP contribution in [0, 0.1) is 6.92 Å². The van der Waals surface area contributed by atoms with E-state index in [-0.39, 0.29) is 11.7 Å². The van der Waals surface area contributed by atoms with Crippen LogP contribution in [0.4, 0.5) is 0 Å². The maximum Gasteiger partial charge on any atom is 0.254 e. The van der Waals surface area contributed by atoms with Crippen LogP contribution in [0.5, 0.6) is 5.75 Å². The van der Waals surface area contributed by atoms with E-state index >= 15 is 0 Å². The van der Waals surface area contributed by atoms with Crippen LogP contribution in [-0.4, -0.2) is 29.0 Å². The first-order chi connectivity index (χ1) is 8.10. The Bertz CT molecular complexity index is 382. The summed E-state index contributed by atoms with van der Waals surface area (Å²) in [6, 6.07) is 4.89. The highest BCUT2D eigenvalue weighted by molar-refractivity contribution is 5.95. The van der Waals surface area contributed by atoms with Gasteiger partial charge in [0, 0.05) is 18.7 Å². The van der Waals surface area contributed by atoms with E-state index in [1.54, 1.807) is 18.2 Å². The van der Waals surface area contributed by atoms with E-state index in [1.165, 1.54) is 0 Å². The van der Waals surface area contributed by atoms with Gasteiger partial charge in [0.25, 0.3) is 5.91 Å². The second kappa shape index (κ2) is 6.28. The van der Waals surface area contributed by atoms with Crippen molar-refractivity contribution >= 4 is 5.91 Å². The number of carbonyl (C=O) groups excluding carboxylic acids is 1. The van der Waals surface area contributed by atoms with Crippen LogP contribution >= 0.6 is 0 Å². The number of nitrogens with zero attached hydrogens (tertiary/aromatic N) is 1. The fourth-order valence-electron chi connectivity index (χ4n) is 1.91. The SMILES string of the molecule is CCCN(CCC)C(=O)c1ccc(O)cc1C. The predicted octanol–water partition coefficient (Wildman–Crippen LogP) is 2.96. The molecule has 0 saturated heterocycles. The van der Waals surface area contributed by atoms with E-state index in [2.05, 4.69) is 13.8 Å². The molecular weight excluding hydrogens is 214 g/mol. The van der Waals surface area contributed by atoms with E-state index in [1.807, 2.05) is 11.8 Å². The Hall–Kier alpha value is -1.51. The molecule has 1 rings (SSSR count). The molecule has 3 heteroatoms. The fraction of sp³-hybridized carbons (Fsp3) is 0.500. The molecule has 0 aliphatic carbocycles. The molecule has 1 aromatic carbocycles. The molecule has 0 spiro atoms. The van der Waals surface area contributed by atoms with Crippen LogP contribution in [0.25, 0.3) is 0 Å². The minimum absolute atomic E-state index is 0.0613. The fourth-order valence-corrected chi connectivity index (χ4v) is 1.91. The molecule has 0 aliphatic heterocycles. The Morgan fingerprint density at radius 1 is 1.24 bits per heavy atom. The van der Waals surface area contributed by atoms with Crippen molar-refractivity contribution in [2.45, 2.75) is 33.6 Å². The lowest BCUT2D eigenvalue weighted by atomic mass is 10.1. The molecule has 0 aliphatic rings. The molecule has 0 heterocycles. The minimum Gasteiger partial charge on any atom is -0.508 e. The van der Waals surface area contributed by atoms with Crippen molar-refractivity contribution in [3.63, 3.8) is 0 Å². The molecule has 0 aromatic heterocycles. The first kappa shape index (κ1) is 13.6. The van der Waals surface area contributed by atoms with Crippen LogP contribution in [0.2, 0.25) is 0 Å². The van der Waals surface area contributed by atoms with Crippen molar-refractivity contribution in [2.75, 3.05) is 13.1 Å².